The minimum atomic E-state index is -0.211. The average Bonchev–Trinajstić information content (AvgIpc) is 2.90. The highest BCUT2D eigenvalue weighted by molar-refractivity contribution is 6.30. The van der Waals surface area contributed by atoms with Gasteiger partial charge >= 0.3 is 0 Å². The molecule has 0 radical (unpaired) electrons. The summed E-state index contributed by atoms with van der Waals surface area (Å²) in [4.78, 5) is 24.8. The van der Waals surface area contributed by atoms with Gasteiger partial charge in [0.1, 0.15) is 0 Å². The van der Waals surface area contributed by atoms with Crippen LogP contribution in [0.2, 0.25) is 10.0 Å². The van der Waals surface area contributed by atoms with Crippen molar-refractivity contribution in [1.29, 1.82) is 0 Å². The van der Waals surface area contributed by atoms with E-state index in [-0.39, 0.29) is 11.8 Å². The molecule has 0 spiro atoms. The molecule has 2 N–H and O–H groups in total. The fourth-order valence-electron chi connectivity index (χ4n) is 3.81. The Morgan fingerprint density at radius 1 is 0.579 bits per heavy atom. The van der Waals surface area contributed by atoms with E-state index in [4.69, 9.17) is 23.2 Å². The maximum Gasteiger partial charge on any atom is 0.248 e. The predicted molar refractivity (Wildman–Crippen MR) is 160 cm³/mol. The van der Waals surface area contributed by atoms with Gasteiger partial charge in [-0.15, -0.1) is 0 Å². The first-order valence-electron chi connectivity index (χ1n) is 12.0. The lowest BCUT2D eigenvalue weighted by Gasteiger charge is -2.12. The number of rotatable bonds is 7. The topological polar surface area (TPSA) is 58.2 Å². The lowest BCUT2D eigenvalue weighted by atomic mass is 10.00. The van der Waals surface area contributed by atoms with Crippen molar-refractivity contribution in [3.05, 3.63) is 129 Å². The zero-order valence-corrected chi connectivity index (χ0v) is 22.5. The molecule has 0 aliphatic heterocycles. The highest BCUT2D eigenvalue weighted by Crippen LogP contribution is 2.28. The van der Waals surface area contributed by atoms with Gasteiger partial charge in [0, 0.05) is 33.6 Å². The summed E-state index contributed by atoms with van der Waals surface area (Å²) in [7, 11) is 0. The number of hydrogen-bond acceptors (Lipinski definition) is 2. The van der Waals surface area contributed by atoms with E-state index in [9.17, 15) is 9.59 Å². The van der Waals surface area contributed by atoms with E-state index >= 15 is 0 Å². The standard InChI is InChI=1S/C32H26Cl2N2O2/c1-21-19-25(9-15-29(21)35-31(37)17-7-23-3-11-27(33)12-4-23)26-10-16-30(22(2)20-26)36-32(38)18-8-24-5-13-28(34)14-6-24/h3-20H,1-2H3,(H,35,37)(H,36,38)/b17-7+,18-8+. The molecular formula is C32H26Cl2N2O2. The average molecular weight is 541 g/mol. The monoisotopic (exact) mass is 540 g/mol. The molecule has 0 fully saturated rings. The second-order valence-electron chi connectivity index (χ2n) is 8.81. The Morgan fingerprint density at radius 3 is 1.29 bits per heavy atom. The van der Waals surface area contributed by atoms with Gasteiger partial charge in [-0.1, -0.05) is 59.6 Å². The van der Waals surface area contributed by atoms with Gasteiger partial charge in [0.15, 0.2) is 0 Å². The van der Waals surface area contributed by atoms with Crippen LogP contribution in [0.4, 0.5) is 11.4 Å². The highest BCUT2D eigenvalue weighted by atomic mass is 35.5. The van der Waals surface area contributed by atoms with Gasteiger partial charge in [-0.3, -0.25) is 9.59 Å². The van der Waals surface area contributed by atoms with Crippen LogP contribution in [0, 0.1) is 13.8 Å². The van der Waals surface area contributed by atoms with Crippen molar-refractivity contribution >= 4 is 58.5 Å². The van der Waals surface area contributed by atoms with Gasteiger partial charge < -0.3 is 10.6 Å². The van der Waals surface area contributed by atoms with Crippen molar-refractivity contribution < 1.29 is 9.59 Å². The number of hydrogen-bond donors (Lipinski definition) is 2. The number of anilines is 2. The van der Waals surface area contributed by atoms with Gasteiger partial charge in [0.05, 0.1) is 0 Å². The predicted octanol–water partition coefficient (Wildman–Crippen LogP) is 8.58. The van der Waals surface area contributed by atoms with E-state index in [0.717, 1.165) is 44.8 Å². The van der Waals surface area contributed by atoms with Crippen LogP contribution in [0.15, 0.2) is 97.1 Å². The molecule has 0 aromatic heterocycles. The maximum absolute atomic E-state index is 12.4. The van der Waals surface area contributed by atoms with Crippen molar-refractivity contribution in [3.63, 3.8) is 0 Å². The summed E-state index contributed by atoms with van der Waals surface area (Å²) in [5.41, 5.74) is 7.19. The third kappa shape index (κ3) is 7.45. The number of amides is 2. The molecule has 0 unspecified atom stereocenters. The molecule has 0 heterocycles. The van der Waals surface area contributed by atoms with Gasteiger partial charge in [0.2, 0.25) is 11.8 Å². The molecule has 38 heavy (non-hydrogen) atoms. The Morgan fingerprint density at radius 2 is 0.947 bits per heavy atom. The number of carbonyl (C=O) groups is 2. The van der Waals surface area contributed by atoms with Crippen LogP contribution >= 0.6 is 23.2 Å². The molecule has 4 rings (SSSR count). The number of carbonyl (C=O) groups excluding carboxylic acids is 2. The quantitative estimate of drug-likeness (QED) is 0.230. The van der Waals surface area contributed by atoms with Crippen LogP contribution in [0.25, 0.3) is 23.3 Å². The van der Waals surface area contributed by atoms with E-state index in [1.807, 2.05) is 74.5 Å². The SMILES string of the molecule is Cc1cc(-c2ccc(NC(=O)/C=C/c3ccc(Cl)cc3)c(C)c2)ccc1NC(=O)/C=C/c1ccc(Cl)cc1. The molecule has 4 aromatic carbocycles. The minimum Gasteiger partial charge on any atom is -0.322 e. The van der Waals surface area contributed by atoms with E-state index < -0.39 is 0 Å². The Hall–Kier alpha value is -4.12. The summed E-state index contributed by atoms with van der Waals surface area (Å²) in [5, 5.41) is 7.16. The molecule has 0 bridgehead atoms. The summed E-state index contributed by atoms with van der Waals surface area (Å²) in [6.07, 6.45) is 6.48. The van der Waals surface area contributed by atoms with Crippen LogP contribution < -0.4 is 10.6 Å². The zero-order chi connectivity index (χ0) is 27.1. The molecule has 0 saturated heterocycles. The molecule has 190 valence electrons. The summed E-state index contributed by atoms with van der Waals surface area (Å²) >= 11 is 11.8. The van der Waals surface area contributed by atoms with Crippen LogP contribution in [0.3, 0.4) is 0 Å². The van der Waals surface area contributed by atoms with E-state index in [2.05, 4.69) is 10.6 Å². The van der Waals surface area contributed by atoms with Gasteiger partial charge in [-0.2, -0.15) is 0 Å². The first-order valence-corrected chi connectivity index (χ1v) is 12.7. The molecule has 4 nitrogen and oxygen atoms in total. The molecule has 2 amide bonds. The van der Waals surface area contributed by atoms with Crippen LogP contribution in [0.1, 0.15) is 22.3 Å². The molecule has 6 heteroatoms. The zero-order valence-electron chi connectivity index (χ0n) is 21.0. The number of halogens is 2. The number of aryl methyl sites for hydroxylation is 2. The van der Waals surface area contributed by atoms with Crippen LogP contribution in [-0.2, 0) is 9.59 Å². The third-order valence-corrected chi connectivity index (χ3v) is 6.40. The largest absolute Gasteiger partial charge is 0.322 e. The number of nitrogens with one attached hydrogen (secondary N) is 2. The lowest BCUT2D eigenvalue weighted by Crippen LogP contribution is -2.09. The second-order valence-corrected chi connectivity index (χ2v) is 9.68. The van der Waals surface area contributed by atoms with Crippen molar-refractivity contribution in [2.24, 2.45) is 0 Å². The fraction of sp³-hybridized carbons (Fsp3) is 0.0625. The Bertz CT molecular complexity index is 1410. The Labute approximate surface area is 232 Å². The highest BCUT2D eigenvalue weighted by Gasteiger charge is 2.08. The summed E-state index contributed by atoms with van der Waals surface area (Å²) in [5.74, 6) is -0.422. The fourth-order valence-corrected chi connectivity index (χ4v) is 4.06. The van der Waals surface area contributed by atoms with E-state index in [1.54, 1.807) is 36.4 Å². The van der Waals surface area contributed by atoms with Gasteiger partial charge in [0.25, 0.3) is 0 Å². The number of benzene rings is 4. The molecule has 0 atom stereocenters. The minimum absolute atomic E-state index is 0.211. The summed E-state index contributed by atoms with van der Waals surface area (Å²) in [6.45, 7) is 3.91. The molecular weight excluding hydrogens is 515 g/mol. The smallest absolute Gasteiger partial charge is 0.248 e. The molecule has 0 aliphatic carbocycles. The van der Waals surface area contributed by atoms with Crippen molar-refractivity contribution in [2.75, 3.05) is 10.6 Å². The Balaban J connectivity index is 1.39. The van der Waals surface area contributed by atoms with Crippen LogP contribution in [-0.4, -0.2) is 11.8 Å². The van der Waals surface area contributed by atoms with Crippen molar-refractivity contribution in [3.8, 4) is 11.1 Å². The first kappa shape index (κ1) is 26.9. The first-order chi connectivity index (χ1) is 18.3. The van der Waals surface area contributed by atoms with Crippen molar-refractivity contribution in [1.82, 2.24) is 0 Å². The van der Waals surface area contributed by atoms with Crippen molar-refractivity contribution in [2.45, 2.75) is 13.8 Å². The third-order valence-electron chi connectivity index (χ3n) is 5.90. The van der Waals surface area contributed by atoms with Crippen LogP contribution in [0.5, 0.6) is 0 Å². The summed E-state index contributed by atoms with van der Waals surface area (Å²) in [6, 6.07) is 26.3. The molecule has 4 aromatic rings. The molecule has 0 aliphatic rings. The normalized spacial score (nSPS) is 11.2. The van der Waals surface area contributed by atoms with Gasteiger partial charge in [-0.25, -0.2) is 0 Å². The lowest BCUT2D eigenvalue weighted by molar-refractivity contribution is -0.112. The molecule has 0 saturated carbocycles. The second kappa shape index (κ2) is 12.4. The van der Waals surface area contributed by atoms with E-state index in [1.165, 1.54) is 12.2 Å². The summed E-state index contributed by atoms with van der Waals surface area (Å²) < 4.78 is 0. The Kier molecular flexibility index (Phi) is 8.80. The van der Waals surface area contributed by atoms with E-state index in [0.29, 0.717) is 10.0 Å². The maximum atomic E-state index is 12.4. The van der Waals surface area contributed by atoms with Gasteiger partial charge in [-0.05, 0) is 108 Å².